The minimum atomic E-state index is -0.624. The maximum absolute atomic E-state index is 11.6. The van der Waals surface area contributed by atoms with Gasteiger partial charge in [-0.05, 0) is 31.4 Å². The van der Waals surface area contributed by atoms with E-state index in [0.29, 0.717) is 29.6 Å². The molecule has 1 aliphatic carbocycles. The van der Waals surface area contributed by atoms with Crippen LogP contribution >= 0.6 is 0 Å². The van der Waals surface area contributed by atoms with Crippen LogP contribution in [0.15, 0.2) is 24.5 Å². The summed E-state index contributed by atoms with van der Waals surface area (Å²) in [7, 11) is 0. The number of nitriles is 2. The number of nitrogen functional groups attached to an aromatic ring is 1. The molecule has 1 aliphatic rings. The molecule has 3 heterocycles. The average Bonchev–Trinajstić information content (AvgIpc) is 3.34. The van der Waals surface area contributed by atoms with Gasteiger partial charge in [-0.1, -0.05) is 0 Å². The first-order valence-corrected chi connectivity index (χ1v) is 8.80. The van der Waals surface area contributed by atoms with Crippen LogP contribution in [0.5, 0.6) is 0 Å². The molecule has 1 saturated carbocycles. The maximum Gasteiger partial charge on any atom is 0.267 e. The van der Waals surface area contributed by atoms with Gasteiger partial charge in [0.05, 0.1) is 35.8 Å². The van der Waals surface area contributed by atoms with E-state index in [2.05, 4.69) is 27.3 Å². The normalized spacial score (nSPS) is 21.9. The Hall–Kier alpha value is -3.92. The first-order chi connectivity index (χ1) is 13.5. The quantitative estimate of drug-likeness (QED) is 0.695. The van der Waals surface area contributed by atoms with Crippen molar-refractivity contribution in [2.75, 3.05) is 5.73 Å². The molecule has 0 aliphatic heterocycles. The van der Waals surface area contributed by atoms with E-state index in [1.165, 1.54) is 4.52 Å². The monoisotopic (exact) mass is 375 g/mol. The molecule has 4 N–H and O–H groups in total. The zero-order valence-corrected chi connectivity index (χ0v) is 14.9. The van der Waals surface area contributed by atoms with Gasteiger partial charge in [0.2, 0.25) is 5.95 Å². The van der Waals surface area contributed by atoms with E-state index < -0.39 is 5.91 Å². The summed E-state index contributed by atoms with van der Waals surface area (Å²) < 4.78 is 3.08. The molecule has 4 rings (SSSR count). The molecular weight excluding hydrogens is 358 g/mol. The lowest BCUT2D eigenvalue weighted by Gasteiger charge is -2.29. The Morgan fingerprint density at radius 2 is 2.07 bits per heavy atom. The molecule has 10 heteroatoms. The van der Waals surface area contributed by atoms with Crippen LogP contribution in [0.4, 0.5) is 5.95 Å². The van der Waals surface area contributed by atoms with Crippen LogP contribution in [0.1, 0.15) is 35.8 Å². The third-order valence-electron chi connectivity index (χ3n) is 5.16. The van der Waals surface area contributed by atoms with E-state index in [0.717, 1.165) is 6.42 Å². The molecule has 1 unspecified atom stereocenters. The van der Waals surface area contributed by atoms with Gasteiger partial charge >= 0.3 is 0 Å². The topological polar surface area (TPSA) is 165 Å². The lowest BCUT2D eigenvalue weighted by molar-refractivity contribution is 0.0994. The highest BCUT2D eigenvalue weighted by Crippen LogP contribution is 2.37. The lowest BCUT2D eigenvalue weighted by atomic mass is 9.79. The number of primary amides is 1. The van der Waals surface area contributed by atoms with Crippen LogP contribution in [0.25, 0.3) is 16.8 Å². The Morgan fingerprint density at radius 1 is 1.25 bits per heavy atom. The molecule has 1 fully saturated rings. The summed E-state index contributed by atoms with van der Waals surface area (Å²) >= 11 is 0. The maximum atomic E-state index is 11.6. The number of fused-ring (bicyclic) bond motifs is 1. The average molecular weight is 375 g/mol. The van der Waals surface area contributed by atoms with Crippen molar-refractivity contribution in [1.29, 1.82) is 10.5 Å². The van der Waals surface area contributed by atoms with E-state index in [1.807, 2.05) is 0 Å². The number of hydrogen-bond acceptors (Lipinski definition) is 7. The van der Waals surface area contributed by atoms with Gasteiger partial charge in [0, 0.05) is 17.7 Å². The number of carbonyl (C=O) groups is 1. The molecule has 28 heavy (non-hydrogen) atoms. The van der Waals surface area contributed by atoms with Gasteiger partial charge in [-0.2, -0.15) is 15.6 Å². The summed E-state index contributed by atoms with van der Waals surface area (Å²) in [5.41, 5.74) is 13.2. The number of nitrogens with zero attached hydrogens (tertiary/aromatic N) is 7. The minimum Gasteiger partial charge on any atom is -0.367 e. The Balaban J connectivity index is 1.77. The van der Waals surface area contributed by atoms with Gasteiger partial charge in [-0.15, -0.1) is 5.10 Å². The van der Waals surface area contributed by atoms with Gasteiger partial charge < -0.3 is 11.5 Å². The fourth-order valence-electron chi connectivity index (χ4n) is 3.76. The van der Waals surface area contributed by atoms with Crippen LogP contribution in [0, 0.1) is 34.5 Å². The fourth-order valence-corrected chi connectivity index (χ4v) is 3.76. The van der Waals surface area contributed by atoms with Crippen molar-refractivity contribution in [3.05, 3.63) is 30.2 Å². The third-order valence-corrected chi connectivity index (χ3v) is 5.16. The third kappa shape index (κ3) is 2.81. The molecule has 140 valence electrons. The first-order valence-electron chi connectivity index (χ1n) is 8.80. The minimum absolute atomic E-state index is 0.00828. The Morgan fingerprint density at radius 3 is 2.79 bits per heavy atom. The van der Waals surface area contributed by atoms with Crippen molar-refractivity contribution in [2.24, 2.45) is 17.6 Å². The summed E-state index contributed by atoms with van der Waals surface area (Å²) in [6.07, 6.45) is 5.38. The largest absolute Gasteiger partial charge is 0.367 e. The highest BCUT2D eigenvalue weighted by Gasteiger charge is 2.32. The molecule has 10 nitrogen and oxygen atoms in total. The molecule has 0 saturated heterocycles. The van der Waals surface area contributed by atoms with Crippen LogP contribution in [0.3, 0.4) is 0 Å². The smallest absolute Gasteiger partial charge is 0.267 e. The molecule has 0 aromatic carbocycles. The van der Waals surface area contributed by atoms with Gasteiger partial charge in [0.25, 0.3) is 5.91 Å². The molecule has 1 amide bonds. The number of hydrogen-bond donors (Lipinski definition) is 2. The van der Waals surface area contributed by atoms with E-state index in [9.17, 15) is 15.3 Å². The van der Waals surface area contributed by atoms with Gasteiger partial charge in [0.15, 0.2) is 0 Å². The predicted molar refractivity (Wildman–Crippen MR) is 98.2 cm³/mol. The van der Waals surface area contributed by atoms with Crippen LogP contribution in [-0.2, 0) is 0 Å². The Kier molecular flexibility index (Phi) is 4.17. The number of carbonyl (C=O) groups excluding carboxylic acids is 1. The first kappa shape index (κ1) is 17.5. The number of nitrogens with two attached hydrogens (primary N) is 2. The van der Waals surface area contributed by atoms with Crippen molar-refractivity contribution in [2.45, 2.75) is 25.3 Å². The van der Waals surface area contributed by atoms with E-state index in [4.69, 9.17) is 11.5 Å². The molecule has 3 aromatic rings. The van der Waals surface area contributed by atoms with Crippen LogP contribution in [-0.4, -0.2) is 30.3 Å². The SMILES string of the molecule is N#CC1CC[C@H](C#N)C[C@H]1n1cc(-c2nc(N)nn3c(C(N)=O)ccc23)cn1. The van der Waals surface area contributed by atoms with Gasteiger partial charge in [-0.25, -0.2) is 9.50 Å². The zero-order chi connectivity index (χ0) is 19.8. The highest BCUT2D eigenvalue weighted by molar-refractivity contribution is 5.93. The molecule has 0 bridgehead atoms. The molecular formula is C18H17N9O. The Bertz CT molecular complexity index is 1150. The van der Waals surface area contributed by atoms with Crippen molar-refractivity contribution < 1.29 is 4.79 Å². The molecule has 0 radical (unpaired) electrons. The Labute approximate surface area is 160 Å². The summed E-state index contributed by atoms with van der Waals surface area (Å²) in [5.74, 6) is -0.928. The molecule has 3 atom stereocenters. The second-order valence-electron chi connectivity index (χ2n) is 6.85. The molecule has 0 spiro atoms. The summed E-state index contributed by atoms with van der Waals surface area (Å²) in [6.45, 7) is 0. The highest BCUT2D eigenvalue weighted by atomic mass is 16.1. The lowest BCUT2D eigenvalue weighted by Crippen LogP contribution is -2.26. The van der Waals surface area contributed by atoms with Crippen molar-refractivity contribution >= 4 is 17.4 Å². The second kappa shape index (κ2) is 6.67. The van der Waals surface area contributed by atoms with Crippen molar-refractivity contribution in [3.8, 4) is 23.4 Å². The van der Waals surface area contributed by atoms with Crippen molar-refractivity contribution in [1.82, 2.24) is 24.4 Å². The summed E-state index contributed by atoms with van der Waals surface area (Å²) in [6, 6.07) is 7.70. The van der Waals surface area contributed by atoms with Gasteiger partial charge in [0.1, 0.15) is 11.4 Å². The van der Waals surface area contributed by atoms with E-state index in [-0.39, 0.29) is 29.5 Å². The standard InChI is InChI=1S/C18H17N9O/c19-6-10-1-2-11(7-20)15(5-10)26-9-12(8-23-26)16-13-3-4-14(17(21)28)27(13)25-18(22)24-16/h3-4,8-11,15H,1-2,5H2,(H2,21,28)(H2,22,25)/t10-,11?,15+/m0/s1. The number of amides is 1. The predicted octanol–water partition coefficient (Wildman–Crippen LogP) is 1.28. The van der Waals surface area contributed by atoms with Crippen molar-refractivity contribution in [3.63, 3.8) is 0 Å². The number of rotatable bonds is 3. The van der Waals surface area contributed by atoms with Crippen LogP contribution < -0.4 is 11.5 Å². The second-order valence-corrected chi connectivity index (χ2v) is 6.85. The zero-order valence-electron chi connectivity index (χ0n) is 14.9. The fraction of sp³-hybridized carbons (Fsp3) is 0.333. The van der Waals surface area contributed by atoms with E-state index in [1.54, 1.807) is 29.2 Å². The van der Waals surface area contributed by atoms with Crippen LogP contribution in [0.2, 0.25) is 0 Å². The summed E-state index contributed by atoms with van der Waals surface area (Å²) in [5, 5.41) is 27.2. The number of aromatic nitrogens is 5. The summed E-state index contributed by atoms with van der Waals surface area (Å²) in [4.78, 5) is 15.9. The molecule has 3 aromatic heterocycles. The van der Waals surface area contributed by atoms with E-state index >= 15 is 0 Å². The van der Waals surface area contributed by atoms with Gasteiger partial charge in [-0.3, -0.25) is 9.48 Å². The number of anilines is 1.